The summed E-state index contributed by atoms with van der Waals surface area (Å²) < 4.78 is 31.4. The van der Waals surface area contributed by atoms with E-state index in [0.717, 1.165) is 47.5 Å². The maximum Gasteiger partial charge on any atom is 0.301 e. The lowest BCUT2D eigenvalue weighted by atomic mass is 9.94. The zero-order chi connectivity index (χ0) is 33.1. The van der Waals surface area contributed by atoms with E-state index in [4.69, 9.17) is 14.2 Å². The molecule has 0 aliphatic carbocycles. The number of aliphatic hydroxyl groups excluding tert-OH is 1. The smallest absolute Gasteiger partial charge is 0.301 e. The summed E-state index contributed by atoms with van der Waals surface area (Å²) in [6, 6.07) is 15.6. The van der Waals surface area contributed by atoms with Gasteiger partial charge in [-0.2, -0.15) is 0 Å². The van der Waals surface area contributed by atoms with Gasteiger partial charge >= 0.3 is 5.91 Å². The minimum Gasteiger partial charge on any atom is -0.507 e. The summed E-state index contributed by atoms with van der Waals surface area (Å²) >= 11 is 2.54. The second-order valence-electron chi connectivity index (χ2n) is 11.4. The molecule has 1 amide bonds. The molecule has 2 aliphatic rings. The highest BCUT2D eigenvalue weighted by Crippen LogP contribution is 2.46. The normalized spacial score (nSPS) is 18.3. The van der Waals surface area contributed by atoms with E-state index in [2.05, 4.69) is 17.1 Å². The standard InChI is InChI=1S/C35H34FN3O6S2/c1-4-5-6-15-44-27-14-9-22(18-28(27)43-3)30-29(31(40)23-10-13-26-24(17-23)16-20(2)45-26)32(41)33(42)39(30)34-37-38-35(47-34)46-19-21-7-11-25(36)12-8-21/h7-14,17-18,20,30,40H,4-6,15-16,19H2,1-3H3/b31-29+. The van der Waals surface area contributed by atoms with Crippen LogP contribution in [0, 0.1) is 5.82 Å². The molecule has 244 valence electrons. The average molecular weight is 676 g/mol. The summed E-state index contributed by atoms with van der Waals surface area (Å²) in [6.45, 7) is 4.60. The maximum absolute atomic E-state index is 13.8. The van der Waals surface area contributed by atoms with E-state index in [1.807, 2.05) is 6.92 Å². The molecule has 0 spiro atoms. The Balaban J connectivity index is 1.38. The van der Waals surface area contributed by atoms with E-state index in [1.165, 1.54) is 35.9 Å². The monoisotopic (exact) mass is 675 g/mol. The molecule has 0 radical (unpaired) electrons. The van der Waals surface area contributed by atoms with Gasteiger partial charge in [-0.3, -0.25) is 14.5 Å². The van der Waals surface area contributed by atoms with Crippen molar-refractivity contribution in [2.45, 2.75) is 61.8 Å². The van der Waals surface area contributed by atoms with Gasteiger partial charge in [-0.1, -0.05) is 61.1 Å². The van der Waals surface area contributed by atoms with Gasteiger partial charge in [-0.25, -0.2) is 4.39 Å². The van der Waals surface area contributed by atoms with Gasteiger partial charge in [0, 0.05) is 17.7 Å². The molecule has 3 heterocycles. The molecule has 2 atom stereocenters. The fraction of sp³-hybridized carbons (Fsp3) is 0.314. The molecule has 4 aromatic rings. The maximum atomic E-state index is 13.8. The predicted octanol–water partition coefficient (Wildman–Crippen LogP) is 7.50. The molecule has 47 heavy (non-hydrogen) atoms. The van der Waals surface area contributed by atoms with Gasteiger partial charge < -0.3 is 19.3 Å². The van der Waals surface area contributed by atoms with Crippen LogP contribution in [0.3, 0.4) is 0 Å². The van der Waals surface area contributed by atoms with E-state index in [9.17, 15) is 19.1 Å². The van der Waals surface area contributed by atoms with E-state index < -0.39 is 17.7 Å². The Labute approximate surface area is 280 Å². The number of ether oxygens (including phenoxy) is 3. The summed E-state index contributed by atoms with van der Waals surface area (Å²) in [5.41, 5.74) is 2.66. The number of hydrogen-bond acceptors (Lipinski definition) is 10. The van der Waals surface area contributed by atoms with E-state index in [-0.39, 0.29) is 28.4 Å². The first-order chi connectivity index (χ1) is 22.8. The largest absolute Gasteiger partial charge is 0.507 e. The van der Waals surface area contributed by atoms with Crippen molar-refractivity contribution in [3.8, 4) is 17.2 Å². The number of hydrogen-bond donors (Lipinski definition) is 1. The van der Waals surface area contributed by atoms with Crippen LogP contribution in [0.15, 0.2) is 70.6 Å². The Bertz CT molecular complexity index is 1830. The number of thioether (sulfide) groups is 1. The van der Waals surface area contributed by atoms with Gasteiger partial charge in [0.05, 0.1) is 25.3 Å². The van der Waals surface area contributed by atoms with Crippen LogP contribution < -0.4 is 19.1 Å². The highest BCUT2D eigenvalue weighted by molar-refractivity contribution is 8.00. The van der Waals surface area contributed by atoms with Crippen molar-refractivity contribution in [3.05, 3.63) is 94.3 Å². The fourth-order valence-electron chi connectivity index (χ4n) is 5.66. The third-order valence-electron chi connectivity index (χ3n) is 8.00. The molecule has 1 aromatic heterocycles. The summed E-state index contributed by atoms with van der Waals surface area (Å²) in [7, 11) is 1.53. The highest BCUT2D eigenvalue weighted by atomic mass is 32.2. The molecule has 9 nitrogen and oxygen atoms in total. The van der Waals surface area contributed by atoms with Gasteiger partial charge in [0.2, 0.25) is 5.13 Å². The zero-order valence-electron chi connectivity index (χ0n) is 26.2. The number of aromatic nitrogens is 2. The molecule has 2 unspecified atom stereocenters. The number of carbonyl (C=O) groups is 2. The summed E-state index contributed by atoms with van der Waals surface area (Å²) in [5, 5.41) is 20.5. The van der Waals surface area contributed by atoms with Crippen LogP contribution >= 0.6 is 23.1 Å². The molecule has 12 heteroatoms. The third kappa shape index (κ3) is 6.84. The van der Waals surface area contributed by atoms with Gasteiger partial charge in [0.25, 0.3) is 5.78 Å². The van der Waals surface area contributed by atoms with Gasteiger partial charge in [-0.15, -0.1) is 10.2 Å². The number of ketones is 1. The molecule has 3 aromatic carbocycles. The first kappa shape index (κ1) is 32.5. The number of aliphatic hydroxyl groups is 1. The van der Waals surface area contributed by atoms with Crippen LogP contribution in [-0.4, -0.2) is 46.8 Å². The molecule has 2 aliphatic heterocycles. The Kier molecular flexibility index (Phi) is 9.79. The minimum absolute atomic E-state index is 0.00401. The van der Waals surface area contributed by atoms with Crippen molar-refractivity contribution in [2.75, 3.05) is 18.6 Å². The van der Waals surface area contributed by atoms with Crippen LogP contribution in [0.2, 0.25) is 0 Å². The number of benzene rings is 3. The lowest BCUT2D eigenvalue weighted by Crippen LogP contribution is -2.29. The topological polar surface area (TPSA) is 111 Å². The van der Waals surface area contributed by atoms with Crippen molar-refractivity contribution in [2.24, 2.45) is 0 Å². The van der Waals surface area contributed by atoms with Crippen LogP contribution in [0.4, 0.5) is 9.52 Å². The minimum atomic E-state index is -1.02. The van der Waals surface area contributed by atoms with Crippen molar-refractivity contribution >= 4 is 45.7 Å². The first-order valence-electron chi connectivity index (χ1n) is 15.4. The van der Waals surface area contributed by atoms with Gasteiger partial charge in [-0.05, 0) is 72.5 Å². The number of methoxy groups -OCH3 is 1. The molecule has 6 rings (SSSR count). The second-order valence-corrected chi connectivity index (χ2v) is 13.5. The van der Waals surface area contributed by atoms with Gasteiger partial charge in [0.1, 0.15) is 23.4 Å². The third-order valence-corrected chi connectivity index (χ3v) is 10.1. The van der Waals surface area contributed by atoms with E-state index in [1.54, 1.807) is 48.5 Å². The van der Waals surface area contributed by atoms with Crippen LogP contribution in [0.5, 0.6) is 17.2 Å². The molecule has 0 bridgehead atoms. The van der Waals surface area contributed by atoms with Crippen molar-refractivity contribution in [1.82, 2.24) is 10.2 Å². The number of Topliss-reactive ketones (excluding diaryl/α,β-unsaturated/α-hetero) is 1. The number of unbranched alkanes of at least 4 members (excludes halogenated alkanes) is 2. The van der Waals surface area contributed by atoms with E-state index >= 15 is 0 Å². The summed E-state index contributed by atoms with van der Waals surface area (Å²) in [6.07, 6.45) is 3.65. The average Bonchev–Trinajstić information content (AvgIpc) is 3.77. The Hall–Kier alpha value is -4.42. The lowest BCUT2D eigenvalue weighted by Gasteiger charge is -2.23. The van der Waals surface area contributed by atoms with Crippen molar-refractivity contribution < 1.29 is 33.3 Å². The van der Waals surface area contributed by atoms with Crippen LogP contribution in [0.25, 0.3) is 5.76 Å². The lowest BCUT2D eigenvalue weighted by molar-refractivity contribution is -0.132. The number of rotatable bonds is 12. The second kappa shape index (κ2) is 14.1. The number of fused-ring (bicyclic) bond motifs is 1. The predicted molar refractivity (Wildman–Crippen MR) is 179 cm³/mol. The van der Waals surface area contributed by atoms with Crippen molar-refractivity contribution in [3.63, 3.8) is 0 Å². The van der Waals surface area contributed by atoms with Crippen molar-refractivity contribution in [1.29, 1.82) is 0 Å². The molecular weight excluding hydrogens is 642 g/mol. The quantitative estimate of drug-likeness (QED) is 0.0408. The Morgan fingerprint density at radius 3 is 2.66 bits per heavy atom. The summed E-state index contributed by atoms with van der Waals surface area (Å²) in [4.78, 5) is 28.8. The molecule has 1 N–H and O–H groups in total. The highest BCUT2D eigenvalue weighted by Gasteiger charge is 2.48. The van der Waals surface area contributed by atoms with Crippen LogP contribution in [-0.2, 0) is 21.8 Å². The number of nitrogens with zero attached hydrogens (tertiary/aromatic N) is 3. The summed E-state index contributed by atoms with van der Waals surface area (Å²) in [5.74, 6) is -0.0880. The zero-order valence-corrected chi connectivity index (χ0v) is 27.8. The molecular formula is C35H34FN3O6S2. The van der Waals surface area contributed by atoms with Crippen LogP contribution in [0.1, 0.15) is 61.4 Å². The number of halogens is 1. The number of amides is 1. The van der Waals surface area contributed by atoms with E-state index in [0.29, 0.717) is 45.7 Å². The SMILES string of the molecule is CCCCCOc1ccc(C2/C(=C(\O)c3ccc4c(c3)CC(C)O4)C(=O)C(=O)N2c2nnc(SCc3ccc(F)cc3)s2)cc1OC. The Morgan fingerprint density at radius 2 is 1.89 bits per heavy atom. The fourth-order valence-corrected chi connectivity index (χ4v) is 7.49. The Morgan fingerprint density at radius 1 is 1.09 bits per heavy atom. The van der Waals surface area contributed by atoms with Gasteiger partial charge in [0.15, 0.2) is 15.8 Å². The number of carbonyl (C=O) groups excluding carboxylic acids is 2. The molecule has 0 saturated carbocycles. The number of anilines is 1. The molecule has 1 saturated heterocycles. The first-order valence-corrected chi connectivity index (χ1v) is 17.2. The molecule has 1 fully saturated rings.